The predicted octanol–water partition coefficient (Wildman–Crippen LogP) is 4.08. The first-order valence-corrected chi connectivity index (χ1v) is 8.63. The Labute approximate surface area is 157 Å². The van der Waals surface area contributed by atoms with Crippen LogP contribution in [0.3, 0.4) is 0 Å². The highest BCUT2D eigenvalue weighted by Gasteiger charge is 2.10. The molecule has 2 heterocycles. The monoisotopic (exact) mass is 393 g/mol. The van der Waals surface area contributed by atoms with Crippen LogP contribution in [0.5, 0.6) is 5.75 Å². The second-order valence-corrected chi connectivity index (χ2v) is 6.61. The Morgan fingerprint density at radius 1 is 1.48 bits per heavy atom. The Morgan fingerprint density at radius 3 is 3.04 bits per heavy atom. The second-order valence-electron chi connectivity index (χ2n) is 4.77. The summed E-state index contributed by atoms with van der Waals surface area (Å²) in [6.07, 6.45) is 4.40. The molecule has 3 aromatic rings. The van der Waals surface area contributed by atoms with Crippen LogP contribution in [0.15, 0.2) is 41.0 Å². The number of methoxy groups -OCH3 is 1. The molecule has 0 aliphatic carbocycles. The third kappa shape index (κ3) is 4.36. The number of thiazole rings is 1. The fourth-order valence-electron chi connectivity index (χ4n) is 1.97. The average molecular weight is 394 g/mol. The quantitative estimate of drug-likeness (QED) is 0.514. The average Bonchev–Trinajstić information content (AvgIpc) is 3.20. The lowest BCUT2D eigenvalue weighted by Gasteiger charge is -2.04. The minimum absolute atomic E-state index is 0.145. The highest BCUT2D eigenvalue weighted by molar-refractivity contribution is 7.80. The van der Waals surface area contributed by atoms with Crippen molar-refractivity contribution in [1.82, 2.24) is 10.3 Å². The minimum atomic E-state index is -0.375. The number of nitrogens with zero attached hydrogens (tertiary/aromatic N) is 1. The summed E-state index contributed by atoms with van der Waals surface area (Å²) in [7, 11) is 1.55. The van der Waals surface area contributed by atoms with Crippen LogP contribution in [0.4, 0.5) is 5.13 Å². The van der Waals surface area contributed by atoms with Crippen LogP contribution >= 0.6 is 35.2 Å². The zero-order valence-corrected chi connectivity index (χ0v) is 15.3. The molecule has 1 amide bonds. The van der Waals surface area contributed by atoms with Gasteiger partial charge >= 0.3 is 0 Å². The number of nitrogens with one attached hydrogen (secondary N) is 2. The van der Waals surface area contributed by atoms with E-state index in [-0.39, 0.29) is 11.0 Å². The van der Waals surface area contributed by atoms with Crippen molar-refractivity contribution in [2.45, 2.75) is 0 Å². The van der Waals surface area contributed by atoms with Gasteiger partial charge in [0.25, 0.3) is 0 Å². The van der Waals surface area contributed by atoms with Gasteiger partial charge in [-0.1, -0.05) is 22.9 Å². The minimum Gasteiger partial charge on any atom is -0.495 e. The van der Waals surface area contributed by atoms with E-state index in [4.69, 9.17) is 33.0 Å². The molecule has 2 N–H and O–H groups in total. The van der Waals surface area contributed by atoms with Gasteiger partial charge in [0.2, 0.25) is 5.91 Å². The molecule has 9 heteroatoms. The summed E-state index contributed by atoms with van der Waals surface area (Å²) in [5, 5.41) is 6.58. The van der Waals surface area contributed by atoms with Crippen molar-refractivity contribution in [3.8, 4) is 5.75 Å². The molecule has 0 saturated heterocycles. The van der Waals surface area contributed by atoms with Crippen LogP contribution in [0.1, 0.15) is 5.76 Å². The number of carbonyl (C=O) groups is 1. The van der Waals surface area contributed by atoms with Crippen molar-refractivity contribution < 1.29 is 13.9 Å². The molecule has 0 fully saturated rings. The van der Waals surface area contributed by atoms with E-state index in [2.05, 4.69) is 15.6 Å². The molecule has 0 aliphatic rings. The summed E-state index contributed by atoms with van der Waals surface area (Å²) in [5.41, 5.74) is 0.713. The van der Waals surface area contributed by atoms with Crippen LogP contribution in [-0.2, 0) is 4.79 Å². The predicted molar refractivity (Wildman–Crippen MR) is 103 cm³/mol. The fourth-order valence-corrected chi connectivity index (χ4v) is 3.34. The molecule has 0 unspecified atom stereocenters. The number of carbonyl (C=O) groups excluding carboxylic acids is 1. The van der Waals surface area contributed by atoms with Crippen molar-refractivity contribution in [1.29, 1.82) is 0 Å². The van der Waals surface area contributed by atoms with E-state index in [9.17, 15) is 4.79 Å². The van der Waals surface area contributed by atoms with Gasteiger partial charge in [0.1, 0.15) is 11.5 Å². The number of furan rings is 1. The topological polar surface area (TPSA) is 76.4 Å². The number of rotatable bonds is 4. The van der Waals surface area contributed by atoms with E-state index in [0.717, 1.165) is 4.70 Å². The molecule has 6 nitrogen and oxygen atoms in total. The van der Waals surface area contributed by atoms with Crippen LogP contribution in [0.25, 0.3) is 16.3 Å². The third-order valence-corrected chi connectivity index (χ3v) is 4.49. The summed E-state index contributed by atoms with van der Waals surface area (Å²) < 4.78 is 11.2. The van der Waals surface area contributed by atoms with Gasteiger partial charge < -0.3 is 14.5 Å². The lowest BCUT2D eigenvalue weighted by molar-refractivity contribution is -0.115. The van der Waals surface area contributed by atoms with Gasteiger partial charge in [-0.25, -0.2) is 4.98 Å². The molecule has 128 valence electrons. The Bertz CT molecular complexity index is 951. The first-order valence-electron chi connectivity index (χ1n) is 7.03. The van der Waals surface area contributed by atoms with E-state index in [1.165, 1.54) is 23.7 Å². The number of ether oxygens (including phenoxy) is 1. The number of anilines is 1. The first-order chi connectivity index (χ1) is 12.0. The Morgan fingerprint density at radius 2 is 2.32 bits per heavy atom. The van der Waals surface area contributed by atoms with Crippen LogP contribution in [0, 0.1) is 0 Å². The van der Waals surface area contributed by atoms with Gasteiger partial charge in [-0.3, -0.25) is 10.1 Å². The van der Waals surface area contributed by atoms with Crippen LogP contribution in [-0.4, -0.2) is 23.1 Å². The van der Waals surface area contributed by atoms with Crippen molar-refractivity contribution in [2.75, 3.05) is 12.4 Å². The van der Waals surface area contributed by atoms with Crippen molar-refractivity contribution in [2.24, 2.45) is 0 Å². The molecular weight excluding hydrogens is 382 g/mol. The summed E-state index contributed by atoms with van der Waals surface area (Å²) in [5.74, 6) is 0.772. The maximum Gasteiger partial charge on any atom is 0.250 e. The zero-order chi connectivity index (χ0) is 17.8. The summed E-state index contributed by atoms with van der Waals surface area (Å²) in [4.78, 5) is 16.2. The third-order valence-electron chi connectivity index (χ3n) is 3.06. The smallest absolute Gasteiger partial charge is 0.250 e. The number of halogens is 1. The Hall–Kier alpha value is -2.42. The normalized spacial score (nSPS) is 11.0. The number of fused-ring (bicyclic) bond motifs is 1. The molecular formula is C16H12ClN3O3S2. The van der Waals surface area contributed by atoms with E-state index >= 15 is 0 Å². The SMILES string of the molecule is COc1cc2sc(NC(=S)NC(=O)C=Cc3ccco3)nc2cc1Cl. The highest BCUT2D eigenvalue weighted by Crippen LogP contribution is 2.34. The molecule has 2 aromatic heterocycles. The van der Waals surface area contributed by atoms with E-state index < -0.39 is 0 Å². The van der Waals surface area contributed by atoms with Gasteiger partial charge in [0.05, 0.1) is 28.6 Å². The fraction of sp³-hybridized carbons (Fsp3) is 0.0625. The first kappa shape index (κ1) is 17.4. The molecule has 3 rings (SSSR count). The van der Waals surface area contributed by atoms with E-state index in [0.29, 0.717) is 27.2 Å². The molecule has 0 aliphatic heterocycles. The number of aromatic nitrogens is 1. The van der Waals surface area contributed by atoms with Gasteiger partial charge in [-0.2, -0.15) is 0 Å². The van der Waals surface area contributed by atoms with E-state index in [1.54, 1.807) is 37.5 Å². The summed E-state index contributed by atoms with van der Waals surface area (Å²) >= 11 is 12.6. The zero-order valence-electron chi connectivity index (χ0n) is 12.9. The number of thiocarbonyl (C=S) groups is 1. The molecule has 0 saturated carbocycles. The van der Waals surface area contributed by atoms with Gasteiger partial charge in [0, 0.05) is 12.1 Å². The maximum absolute atomic E-state index is 11.8. The molecule has 0 radical (unpaired) electrons. The Kier molecular flexibility index (Phi) is 5.32. The number of amides is 1. The second kappa shape index (κ2) is 7.64. The molecule has 0 atom stereocenters. The molecule has 1 aromatic carbocycles. The van der Waals surface area contributed by atoms with Gasteiger partial charge in [-0.15, -0.1) is 0 Å². The number of benzene rings is 1. The van der Waals surface area contributed by atoms with Crippen molar-refractivity contribution >= 4 is 67.6 Å². The maximum atomic E-state index is 11.8. The summed E-state index contributed by atoms with van der Waals surface area (Å²) in [6, 6.07) is 6.98. The van der Waals surface area contributed by atoms with Gasteiger partial charge in [0.15, 0.2) is 10.2 Å². The molecule has 0 bridgehead atoms. The Balaban J connectivity index is 1.64. The molecule has 0 spiro atoms. The largest absolute Gasteiger partial charge is 0.495 e. The number of hydrogen-bond donors (Lipinski definition) is 2. The van der Waals surface area contributed by atoms with Crippen LogP contribution in [0.2, 0.25) is 5.02 Å². The molecule has 25 heavy (non-hydrogen) atoms. The standard InChI is InChI=1S/C16H12ClN3O3S2/c1-22-12-8-13-11(7-10(12)17)18-16(25-13)20-15(24)19-14(21)5-4-9-3-2-6-23-9/h2-8H,1H3,(H2,18,19,20,21,24). The van der Waals surface area contributed by atoms with Crippen molar-refractivity contribution in [3.05, 3.63) is 47.4 Å². The van der Waals surface area contributed by atoms with Gasteiger partial charge in [-0.05, 0) is 36.5 Å². The lowest BCUT2D eigenvalue weighted by atomic mass is 10.3. The summed E-state index contributed by atoms with van der Waals surface area (Å²) in [6.45, 7) is 0. The highest BCUT2D eigenvalue weighted by atomic mass is 35.5. The van der Waals surface area contributed by atoms with E-state index in [1.807, 2.05) is 0 Å². The van der Waals surface area contributed by atoms with Crippen LogP contribution < -0.4 is 15.4 Å². The number of hydrogen-bond acceptors (Lipinski definition) is 6. The van der Waals surface area contributed by atoms with Crippen molar-refractivity contribution in [3.63, 3.8) is 0 Å². The lowest BCUT2D eigenvalue weighted by Crippen LogP contribution is -2.32.